The van der Waals surface area contributed by atoms with Crippen molar-refractivity contribution < 1.29 is 27.8 Å². The largest absolute Gasteiger partial charge is 0.507 e. The van der Waals surface area contributed by atoms with Crippen LogP contribution in [-0.2, 0) is 15.7 Å². The lowest BCUT2D eigenvalue weighted by Gasteiger charge is -2.26. The van der Waals surface area contributed by atoms with E-state index in [1.807, 2.05) is 0 Å². The number of carbonyl (C=O) groups is 1. The minimum absolute atomic E-state index is 0.250. The summed E-state index contributed by atoms with van der Waals surface area (Å²) in [5.41, 5.74) is -0.774. The van der Waals surface area contributed by atoms with Crippen LogP contribution in [0.25, 0.3) is 6.08 Å². The number of ether oxygens (including phenoxy) is 1. The predicted octanol–water partition coefficient (Wildman–Crippen LogP) is 3.31. The Morgan fingerprint density at radius 3 is 2.79 bits per heavy atom. The van der Waals surface area contributed by atoms with Crippen LogP contribution in [0, 0.1) is 5.92 Å². The normalized spacial score (nSPS) is 18.8. The summed E-state index contributed by atoms with van der Waals surface area (Å²) in [4.78, 5) is 13.6. The molecule has 1 aliphatic heterocycles. The molecule has 1 atom stereocenters. The van der Waals surface area contributed by atoms with Crippen molar-refractivity contribution in [3.8, 4) is 5.75 Å². The smallest absolute Gasteiger partial charge is 0.419 e. The fourth-order valence-electron chi connectivity index (χ4n) is 2.62. The van der Waals surface area contributed by atoms with Gasteiger partial charge in [-0.3, -0.25) is 4.79 Å². The number of rotatable bonds is 4. The van der Waals surface area contributed by atoms with Gasteiger partial charge in [-0.05, 0) is 42.5 Å². The summed E-state index contributed by atoms with van der Waals surface area (Å²) >= 11 is 0. The number of halogens is 3. The van der Waals surface area contributed by atoms with E-state index < -0.39 is 17.5 Å². The molecule has 4 nitrogen and oxygen atoms in total. The molecule has 1 aromatic carbocycles. The number of hydrogen-bond donors (Lipinski definition) is 1. The van der Waals surface area contributed by atoms with E-state index in [0.29, 0.717) is 24.6 Å². The monoisotopic (exact) mass is 343 g/mol. The van der Waals surface area contributed by atoms with Crippen LogP contribution in [-0.4, -0.2) is 42.7 Å². The quantitative estimate of drug-likeness (QED) is 0.854. The number of aromatic hydroxyl groups is 1. The number of nitrogens with zero attached hydrogens (tertiary/aromatic N) is 1. The Bertz CT molecular complexity index is 608. The molecule has 0 aromatic heterocycles. The van der Waals surface area contributed by atoms with Crippen LogP contribution >= 0.6 is 0 Å². The Morgan fingerprint density at radius 2 is 2.21 bits per heavy atom. The lowest BCUT2D eigenvalue weighted by Crippen LogP contribution is -2.34. The zero-order valence-corrected chi connectivity index (χ0v) is 13.3. The molecule has 1 aromatic rings. The Kier molecular flexibility index (Phi) is 5.88. The molecular formula is C17H20F3NO3. The number of likely N-dealkylation sites (N-methyl/N-ethyl adjacent to an activating group) is 1. The molecule has 1 fully saturated rings. The second kappa shape index (κ2) is 7.70. The van der Waals surface area contributed by atoms with Gasteiger partial charge in [-0.1, -0.05) is 6.07 Å². The molecule has 1 heterocycles. The molecule has 7 heteroatoms. The molecule has 1 amide bonds. The Hall–Kier alpha value is -2.02. The van der Waals surface area contributed by atoms with Crippen LogP contribution in [0.2, 0.25) is 0 Å². The molecule has 0 bridgehead atoms. The highest BCUT2D eigenvalue weighted by atomic mass is 19.4. The second-order valence-electron chi connectivity index (χ2n) is 5.91. The van der Waals surface area contributed by atoms with Gasteiger partial charge in [-0.25, -0.2) is 0 Å². The summed E-state index contributed by atoms with van der Waals surface area (Å²) in [5.74, 6) is -0.805. The zero-order chi connectivity index (χ0) is 17.7. The van der Waals surface area contributed by atoms with E-state index >= 15 is 0 Å². The van der Waals surface area contributed by atoms with Gasteiger partial charge < -0.3 is 14.7 Å². The van der Waals surface area contributed by atoms with Crippen molar-refractivity contribution in [2.75, 3.05) is 26.8 Å². The first-order valence-electron chi connectivity index (χ1n) is 7.68. The summed E-state index contributed by atoms with van der Waals surface area (Å²) in [6.45, 7) is 1.96. The lowest BCUT2D eigenvalue weighted by atomic mass is 10.0. The van der Waals surface area contributed by atoms with Gasteiger partial charge in [0.05, 0.1) is 12.2 Å². The van der Waals surface area contributed by atoms with Gasteiger partial charge in [0.25, 0.3) is 0 Å². The topological polar surface area (TPSA) is 49.8 Å². The molecule has 1 N–H and O–H groups in total. The second-order valence-corrected chi connectivity index (χ2v) is 5.91. The highest BCUT2D eigenvalue weighted by Gasteiger charge is 2.33. The van der Waals surface area contributed by atoms with Crippen molar-refractivity contribution in [1.82, 2.24) is 4.90 Å². The molecule has 132 valence electrons. The maximum Gasteiger partial charge on any atom is 0.419 e. The van der Waals surface area contributed by atoms with Crippen molar-refractivity contribution in [2.45, 2.75) is 19.0 Å². The molecule has 24 heavy (non-hydrogen) atoms. The average Bonchev–Trinajstić information content (AvgIpc) is 2.52. The number of phenolic OH excluding ortho intramolecular Hbond substituents is 1. The van der Waals surface area contributed by atoms with E-state index in [0.717, 1.165) is 31.6 Å². The first kappa shape index (κ1) is 18.3. The molecule has 1 unspecified atom stereocenters. The van der Waals surface area contributed by atoms with Gasteiger partial charge in [-0.2, -0.15) is 13.2 Å². The number of hydrogen-bond acceptors (Lipinski definition) is 3. The fraction of sp³-hybridized carbons (Fsp3) is 0.471. The highest BCUT2D eigenvalue weighted by Crippen LogP contribution is 2.36. The number of phenols is 1. The number of benzene rings is 1. The van der Waals surface area contributed by atoms with Crippen LogP contribution in [0.5, 0.6) is 5.75 Å². The minimum atomic E-state index is -4.61. The maximum atomic E-state index is 12.6. The molecule has 1 aliphatic rings. The van der Waals surface area contributed by atoms with Crippen LogP contribution in [0.15, 0.2) is 24.3 Å². The third-order valence-electron chi connectivity index (χ3n) is 3.91. The molecule has 0 saturated carbocycles. The standard InChI is InChI=1S/C17H20F3NO3/c1-21(10-13-3-2-8-24-11-13)16(23)7-5-12-4-6-14(15(22)9-12)17(18,19)20/h4-7,9,13,22H,2-3,8,10-11H2,1H3. The third kappa shape index (κ3) is 4.99. The van der Waals surface area contributed by atoms with Gasteiger partial charge in [0.2, 0.25) is 5.91 Å². The van der Waals surface area contributed by atoms with Crippen molar-refractivity contribution in [3.63, 3.8) is 0 Å². The number of alkyl halides is 3. The van der Waals surface area contributed by atoms with Gasteiger partial charge in [0.1, 0.15) is 5.75 Å². The summed E-state index contributed by atoms with van der Waals surface area (Å²) in [6.07, 6.45) is 0.0493. The zero-order valence-electron chi connectivity index (χ0n) is 13.3. The molecule has 2 rings (SSSR count). The molecular weight excluding hydrogens is 323 g/mol. The fourth-order valence-corrected chi connectivity index (χ4v) is 2.62. The van der Waals surface area contributed by atoms with Crippen LogP contribution < -0.4 is 0 Å². The van der Waals surface area contributed by atoms with E-state index in [4.69, 9.17) is 4.74 Å². The van der Waals surface area contributed by atoms with Gasteiger partial charge in [0, 0.05) is 26.3 Å². The van der Waals surface area contributed by atoms with Crippen LogP contribution in [0.4, 0.5) is 13.2 Å². The van der Waals surface area contributed by atoms with E-state index in [9.17, 15) is 23.1 Å². The molecule has 0 radical (unpaired) electrons. The minimum Gasteiger partial charge on any atom is -0.507 e. The van der Waals surface area contributed by atoms with Gasteiger partial charge >= 0.3 is 6.18 Å². The first-order valence-corrected chi connectivity index (χ1v) is 7.68. The average molecular weight is 343 g/mol. The van der Waals surface area contributed by atoms with Crippen molar-refractivity contribution >= 4 is 12.0 Å². The van der Waals surface area contributed by atoms with E-state index in [1.165, 1.54) is 18.2 Å². The van der Waals surface area contributed by atoms with E-state index in [1.54, 1.807) is 11.9 Å². The van der Waals surface area contributed by atoms with E-state index in [-0.39, 0.29) is 5.91 Å². The summed E-state index contributed by atoms with van der Waals surface area (Å²) in [7, 11) is 1.67. The van der Waals surface area contributed by atoms with Crippen LogP contribution in [0.3, 0.4) is 0 Å². The SMILES string of the molecule is CN(CC1CCCOC1)C(=O)C=Cc1ccc(C(F)(F)F)c(O)c1. The predicted molar refractivity (Wildman–Crippen MR) is 83.3 cm³/mol. The Balaban J connectivity index is 1.96. The van der Waals surface area contributed by atoms with E-state index in [2.05, 4.69) is 0 Å². The van der Waals surface area contributed by atoms with Gasteiger partial charge in [0.15, 0.2) is 0 Å². The Morgan fingerprint density at radius 1 is 1.46 bits per heavy atom. The Labute approximate surface area is 138 Å². The first-order chi connectivity index (χ1) is 11.3. The van der Waals surface area contributed by atoms with Crippen molar-refractivity contribution in [1.29, 1.82) is 0 Å². The molecule has 0 aliphatic carbocycles. The van der Waals surface area contributed by atoms with Crippen LogP contribution in [0.1, 0.15) is 24.0 Å². The molecule has 1 saturated heterocycles. The summed E-state index contributed by atoms with van der Waals surface area (Å²) < 4.78 is 43.1. The number of carbonyl (C=O) groups excluding carboxylic acids is 1. The summed E-state index contributed by atoms with van der Waals surface area (Å²) in [5, 5.41) is 9.45. The van der Waals surface area contributed by atoms with Crippen molar-refractivity contribution in [3.05, 3.63) is 35.4 Å². The molecule has 0 spiro atoms. The number of amides is 1. The van der Waals surface area contributed by atoms with Crippen molar-refractivity contribution in [2.24, 2.45) is 5.92 Å². The third-order valence-corrected chi connectivity index (χ3v) is 3.91. The summed E-state index contributed by atoms with van der Waals surface area (Å²) in [6, 6.07) is 2.99. The lowest BCUT2D eigenvalue weighted by molar-refractivity contribution is -0.138. The highest BCUT2D eigenvalue weighted by molar-refractivity contribution is 5.91. The maximum absolute atomic E-state index is 12.6. The van der Waals surface area contributed by atoms with Gasteiger partial charge in [-0.15, -0.1) is 0 Å².